The van der Waals surface area contributed by atoms with Crippen molar-refractivity contribution < 1.29 is 8.98 Å². The van der Waals surface area contributed by atoms with Crippen molar-refractivity contribution >= 4 is 18.0 Å². The van der Waals surface area contributed by atoms with E-state index in [1.165, 1.54) is 0 Å². The van der Waals surface area contributed by atoms with Crippen LogP contribution in [0.4, 0.5) is 0 Å². The molecule has 0 heterocycles. The van der Waals surface area contributed by atoms with Gasteiger partial charge >= 0.3 is 5.97 Å². The molecule has 2 nitrogen and oxygen atoms in total. The van der Waals surface area contributed by atoms with Crippen molar-refractivity contribution in [2.45, 2.75) is 20.3 Å². The topological polar surface area (TPSA) is 26.3 Å². The molecule has 0 radical (unpaired) electrons. The second-order valence-electron chi connectivity index (χ2n) is 1.37. The molecule has 0 rings (SSSR count). The Kier molecular flexibility index (Phi) is 5.41. The van der Waals surface area contributed by atoms with E-state index in [0.29, 0.717) is 6.42 Å². The van der Waals surface area contributed by atoms with E-state index in [9.17, 15) is 4.79 Å². The van der Waals surface area contributed by atoms with Gasteiger partial charge in [0.15, 0.2) is 0 Å². The van der Waals surface area contributed by atoms with Gasteiger partial charge in [-0.2, -0.15) is 0 Å². The highest BCUT2D eigenvalue weighted by Crippen LogP contribution is 2.04. The van der Waals surface area contributed by atoms with Gasteiger partial charge in [-0.15, -0.1) is 0 Å². The largest absolute Gasteiger partial charge is 0.387 e. The zero-order chi connectivity index (χ0) is 7.11. The Morgan fingerprint density at radius 1 is 1.78 bits per heavy atom. The lowest BCUT2D eigenvalue weighted by molar-refractivity contribution is -0.132. The van der Waals surface area contributed by atoms with Crippen LogP contribution in [0.25, 0.3) is 0 Å². The molecule has 0 amide bonds. The predicted octanol–water partition coefficient (Wildman–Crippen LogP) is 2.12. The molecule has 0 unspecified atom stereocenters. The Hall–Kier alpha value is -0.440. The van der Waals surface area contributed by atoms with Crippen LogP contribution in [0, 0.1) is 0 Å². The van der Waals surface area contributed by atoms with Gasteiger partial charge in [0.25, 0.3) is 0 Å². The Labute approximate surface area is 59.5 Å². The molecule has 9 heavy (non-hydrogen) atoms. The Balaban J connectivity index is 3.17. The van der Waals surface area contributed by atoms with Crippen molar-refractivity contribution in [1.82, 2.24) is 0 Å². The highest BCUT2D eigenvalue weighted by Gasteiger charge is 1.94. The predicted molar refractivity (Wildman–Crippen MR) is 38.8 cm³/mol. The Bertz CT molecular complexity index is 110. The zero-order valence-electron chi connectivity index (χ0n) is 5.59. The first-order valence-corrected chi connectivity index (χ1v) is 3.59. The summed E-state index contributed by atoms with van der Waals surface area (Å²) >= 11 is 1.06. The summed E-state index contributed by atoms with van der Waals surface area (Å²) in [6.45, 7) is 3.63. The second-order valence-corrected chi connectivity index (χ2v) is 2.01. The van der Waals surface area contributed by atoms with E-state index in [-0.39, 0.29) is 5.97 Å². The second kappa shape index (κ2) is 5.69. The van der Waals surface area contributed by atoms with Gasteiger partial charge in [-0.1, -0.05) is 13.0 Å². The van der Waals surface area contributed by atoms with E-state index >= 15 is 0 Å². The average molecular weight is 146 g/mol. The van der Waals surface area contributed by atoms with Crippen LogP contribution >= 0.6 is 12.0 Å². The molecule has 0 aromatic carbocycles. The van der Waals surface area contributed by atoms with Crippen LogP contribution in [0.5, 0.6) is 0 Å². The number of rotatable bonds is 3. The van der Waals surface area contributed by atoms with E-state index in [0.717, 1.165) is 12.0 Å². The van der Waals surface area contributed by atoms with E-state index < -0.39 is 0 Å². The summed E-state index contributed by atoms with van der Waals surface area (Å²) in [4.78, 5) is 10.4. The summed E-state index contributed by atoms with van der Waals surface area (Å²) in [5, 5.41) is 1.72. The highest BCUT2D eigenvalue weighted by atomic mass is 32.2. The van der Waals surface area contributed by atoms with Crippen molar-refractivity contribution in [1.29, 1.82) is 0 Å². The molecule has 0 aliphatic carbocycles. The van der Waals surface area contributed by atoms with Crippen LogP contribution in [0.2, 0.25) is 0 Å². The standard InChI is InChI=1S/C6H10O2S/c1-3-5-9-8-6(7)4-2/h3,5H,4H2,1-2H3. The van der Waals surface area contributed by atoms with Gasteiger partial charge in [0.1, 0.15) is 0 Å². The number of hydrogen-bond acceptors (Lipinski definition) is 3. The zero-order valence-corrected chi connectivity index (χ0v) is 6.40. The summed E-state index contributed by atoms with van der Waals surface area (Å²) in [5.41, 5.74) is 0. The van der Waals surface area contributed by atoms with Gasteiger partial charge in [-0.3, -0.25) is 4.79 Å². The minimum absolute atomic E-state index is 0.182. The van der Waals surface area contributed by atoms with E-state index in [4.69, 9.17) is 0 Å². The molecule has 0 spiro atoms. The number of carbonyl (C=O) groups excluding carboxylic acids is 1. The quantitative estimate of drug-likeness (QED) is 0.570. The van der Waals surface area contributed by atoms with Crippen LogP contribution in [0.3, 0.4) is 0 Å². The maximum absolute atomic E-state index is 10.4. The molecule has 52 valence electrons. The molecule has 0 aliphatic rings. The third-order valence-electron chi connectivity index (χ3n) is 0.621. The SMILES string of the molecule is CC=CSOC(=O)CC. The van der Waals surface area contributed by atoms with Crippen molar-refractivity contribution in [3.63, 3.8) is 0 Å². The van der Waals surface area contributed by atoms with Crippen molar-refractivity contribution in [2.24, 2.45) is 0 Å². The van der Waals surface area contributed by atoms with Gasteiger partial charge < -0.3 is 4.18 Å². The summed E-state index contributed by atoms with van der Waals surface area (Å²) in [6.07, 6.45) is 2.25. The monoisotopic (exact) mass is 146 g/mol. The number of allylic oxidation sites excluding steroid dienone is 1. The van der Waals surface area contributed by atoms with E-state index in [1.54, 1.807) is 12.3 Å². The van der Waals surface area contributed by atoms with Crippen LogP contribution in [0.15, 0.2) is 11.5 Å². The van der Waals surface area contributed by atoms with Crippen LogP contribution in [-0.2, 0) is 8.98 Å². The lowest BCUT2D eigenvalue weighted by atomic mass is 10.5. The normalized spacial score (nSPS) is 10.0. The molecule has 0 aromatic heterocycles. The van der Waals surface area contributed by atoms with E-state index in [1.807, 2.05) is 13.0 Å². The maximum atomic E-state index is 10.4. The highest BCUT2D eigenvalue weighted by molar-refractivity contribution is 7.97. The lowest BCUT2D eigenvalue weighted by Crippen LogP contribution is -1.92. The average Bonchev–Trinajstić information content (AvgIpc) is 1.89. The Morgan fingerprint density at radius 2 is 2.44 bits per heavy atom. The third-order valence-corrected chi connectivity index (χ3v) is 1.29. The molecule has 3 heteroatoms. The minimum Gasteiger partial charge on any atom is -0.387 e. The molecule has 0 N–H and O–H groups in total. The summed E-state index contributed by atoms with van der Waals surface area (Å²) < 4.78 is 4.62. The van der Waals surface area contributed by atoms with Crippen LogP contribution in [0.1, 0.15) is 20.3 Å². The maximum Gasteiger partial charge on any atom is 0.317 e. The molecule has 0 saturated carbocycles. The summed E-state index contributed by atoms with van der Waals surface area (Å²) in [6, 6.07) is 0. The van der Waals surface area contributed by atoms with Crippen LogP contribution in [-0.4, -0.2) is 5.97 Å². The number of hydrogen-bond donors (Lipinski definition) is 0. The van der Waals surface area contributed by atoms with Crippen molar-refractivity contribution in [3.8, 4) is 0 Å². The molecular formula is C6H10O2S. The lowest BCUT2D eigenvalue weighted by Gasteiger charge is -1.92. The first-order chi connectivity index (χ1) is 4.31. The van der Waals surface area contributed by atoms with Crippen molar-refractivity contribution in [3.05, 3.63) is 11.5 Å². The molecule has 0 aliphatic heterocycles. The molecule has 0 bridgehead atoms. The summed E-state index contributed by atoms with van der Waals surface area (Å²) in [7, 11) is 0. The van der Waals surface area contributed by atoms with Gasteiger partial charge in [-0.05, 0) is 6.92 Å². The fourth-order valence-electron chi connectivity index (χ4n) is 0.196. The molecule has 0 atom stereocenters. The smallest absolute Gasteiger partial charge is 0.317 e. The third kappa shape index (κ3) is 5.43. The van der Waals surface area contributed by atoms with Gasteiger partial charge in [0.2, 0.25) is 0 Å². The first-order valence-electron chi connectivity index (χ1n) is 2.78. The first kappa shape index (κ1) is 8.56. The fourth-order valence-corrected chi connectivity index (χ4v) is 0.588. The Morgan fingerprint density at radius 3 is 2.89 bits per heavy atom. The van der Waals surface area contributed by atoms with Crippen LogP contribution < -0.4 is 0 Å². The van der Waals surface area contributed by atoms with Gasteiger partial charge in [0.05, 0.1) is 12.0 Å². The number of carbonyl (C=O) groups is 1. The van der Waals surface area contributed by atoms with Gasteiger partial charge in [-0.25, -0.2) is 0 Å². The summed E-state index contributed by atoms with van der Waals surface area (Å²) in [5.74, 6) is -0.182. The van der Waals surface area contributed by atoms with E-state index in [2.05, 4.69) is 4.18 Å². The molecular weight excluding hydrogens is 136 g/mol. The molecule has 0 saturated heterocycles. The van der Waals surface area contributed by atoms with Crippen molar-refractivity contribution in [2.75, 3.05) is 0 Å². The van der Waals surface area contributed by atoms with Gasteiger partial charge in [0, 0.05) is 11.8 Å². The minimum atomic E-state index is -0.182. The molecule has 0 aromatic rings. The molecule has 0 fully saturated rings. The fraction of sp³-hybridized carbons (Fsp3) is 0.500.